The summed E-state index contributed by atoms with van der Waals surface area (Å²) in [6.07, 6.45) is 1.59. The van der Waals surface area contributed by atoms with Crippen LogP contribution in [0.4, 0.5) is 11.5 Å². The number of nitrogens with zero attached hydrogens (tertiary/aromatic N) is 3. The number of carbonyl (C=O) groups is 1. The standard InChI is InChI=1S/C20H17N3O4/c1-27-18-11-10-16(13-17(18)23(25)26)20(24)22(19-9-5-6-12-21-19)14-15-7-3-2-4-8-15/h2-13H,14H2,1H3. The van der Waals surface area contributed by atoms with Gasteiger partial charge in [0.2, 0.25) is 0 Å². The Kier molecular flexibility index (Phi) is 5.41. The summed E-state index contributed by atoms with van der Waals surface area (Å²) in [5.41, 5.74) is 0.840. The van der Waals surface area contributed by atoms with Crippen LogP contribution < -0.4 is 9.64 Å². The molecule has 0 spiro atoms. The normalized spacial score (nSPS) is 10.3. The smallest absolute Gasteiger partial charge is 0.311 e. The van der Waals surface area contributed by atoms with Crippen molar-refractivity contribution in [3.8, 4) is 5.75 Å². The number of aromatic nitrogens is 1. The minimum absolute atomic E-state index is 0.101. The molecule has 7 heteroatoms. The fraction of sp³-hybridized carbons (Fsp3) is 0.100. The lowest BCUT2D eigenvalue weighted by molar-refractivity contribution is -0.385. The van der Waals surface area contributed by atoms with Crippen LogP contribution >= 0.6 is 0 Å². The first kappa shape index (κ1) is 18.1. The van der Waals surface area contributed by atoms with E-state index in [9.17, 15) is 14.9 Å². The van der Waals surface area contributed by atoms with Crippen LogP contribution in [0, 0.1) is 10.1 Å². The van der Waals surface area contributed by atoms with E-state index < -0.39 is 4.92 Å². The zero-order chi connectivity index (χ0) is 19.2. The molecule has 1 amide bonds. The van der Waals surface area contributed by atoms with Crippen LogP contribution in [0.25, 0.3) is 0 Å². The van der Waals surface area contributed by atoms with Crippen molar-refractivity contribution in [2.75, 3.05) is 12.0 Å². The number of rotatable bonds is 6. The number of ether oxygens (including phenoxy) is 1. The van der Waals surface area contributed by atoms with Gasteiger partial charge in [-0.25, -0.2) is 4.98 Å². The minimum atomic E-state index is -0.572. The second-order valence-electron chi connectivity index (χ2n) is 5.71. The van der Waals surface area contributed by atoms with Gasteiger partial charge in [0.1, 0.15) is 5.82 Å². The van der Waals surface area contributed by atoms with Gasteiger partial charge in [-0.1, -0.05) is 36.4 Å². The number of hydrogen-bond donors (Lipinski definition) is 0. The molecule has 0 saturated carbocycles. The average Bonchev–Trinajstić information content (AvgIpc) is 2.72. The van der Waals surface area contributed by atoms with Crippen molar-refractivity contribution in [3.05, 3.63) is 94.2 Å². The summed E-state index contributed by atoms with van der Waals surface area (Å²) < 4.78 is 5.00. The maximum Gasteiger partial charge on any atom is 0.311 e. The summed E-state index contributed by atoms with van der Waals surface area (Å²) in [5, 5.41) is 11.3. The molecule has 0 bridgehead atoms. The lowest BCUT2D eigenvalue weighted by Crippen LogP contribution is -2.31. The Balaban J connectivity index is 2.00. The summed E-state index contributed by atoms with van der Waals surface area (Å²) in [7, 11) is 1.35. The molecular weight excluding hydrogens is 346 g/mol. The lowest BCUT2D eigenvalue weighted by Gasteiger charge is -2.22. The Labute approximate surface area is 156 Å². The number of pyridine rings is 1. The highest BCUT2D eigenvalue weighted by molar-refractivity contribution is 6.06. The van der Waals surface area contributed by atoms with E-state index in [1.54, 1.807) is 24.4 Å². The van der Waals surface area contributed by atoms with E-state index in [1.165, 1.54) is 30.2 Å². The van der Waals surface area contributed by atoms with Gasteiger partial charge in [0, 0.05) is 17.8 Å². The van der Waals surface area contributed by atoms with E-state index in [4.69, 9.17) is 4.74 Å². The predicted octanol–water partition coefficient (Wildman–Crippen LogP) is 3.85. The number of amides is 1. The second kappa shape index (κ2) is 8.09. The Morgan fingerprint density at radius 3 is 2.48 bits per heavy atom. The number of nitro groups is 1. The molecule has 0 aliphatic heterocycles. The zero-order valence-electron chi connectivity index (χ0n) is 14.6. The molecule has 0 saturated heterocycles. The number of hydrogen-bond acceptors (Lipinski definition) is 5. The average molecular weight is 363 g/mol. The van der Waals surface area contributed by atoms with Crippen LogP contribution in [0.5, 0.6) is 5.75 Å². The quantitative estimate of drug-likeness (QED) is 0.490. The van der Waals surface area contributed by atoms with Gasteiger partial charge in [0.05, 0.1) is 18.6 Å². The van der Waals surface area contributed by atoms with Gasteiger partial charge in [-0.15, -0.1) is 0 Å². The molecular formula is C20H17N3O4. The fourth-order valence-electron chi connectivity index (χ4n) is 2.66. The molecule has 0 radical (unpaired) electrons. The lowest BCUT2D eigenvalue weighted by atomic mass is 10.1. The number of nitro benzene ring substituents is 1. The molecule has 1 aromatic heterocycles. The van der Waals surface area contributed by atoms with Crippen LogP contribution in [0.15, 0.2) is 72.9 Å². The monoisotopic (exact) mass is 363 g/mol. The number of anilines is 1. The van der Waals surface area contributed by atoms with Crippen molar-refractivity contribution in [2.24, 2.45) is 0 Å². The van der Waals surface area contributed by atoms with Crippen molar-refractivity contribution in [2.45, 2.75) is 6.54 Å². The maximum atomic E-state index is 13.1. The molecule has 0 atom stereocenters. The van der Waals surface area contributed by atoms with Gasteiger partial charge in [0.15, 0.2) is 5.75 Å². The van der Waals surface area contributed by atoms with E-state index in [2.05, 4.69) is 4.98 Å². The first-order chi connectivity index (χ1) is 13.1. The summed E-state index contributed by atoms with van der Waals surface area (Å²) in [5.74, 6) is 0.178. The van der Waals surface area contributed by atoms with Crippen molar-refractivity contribution in [3.63, 3.8) is 0 Å². The molecule has 0 aliphatic rings. The third kappa shape index (κ3) is 4.09. The van der Waals surface area contributed by atoms with Crippen molar-refractivity contribution < 1.29 is 14.5 Å². The minimum Gasteiger partial charge on any atom is -0.490 e. The molecule has 3 aromatic rings. The SMILES string of the molecule is COc1ccc(C(=O)N(Cc2ccccc2)c2ccccn2)cc1[N+](=O)[O-]. The van der Waals surface area contributed by atoms with Gasteiger partial charge in [-0.05, 0) is 29.8 Å². The largest absolute Gasteiger partial charge is 0.490 e. The number of carbonyl (C=O) groups excluding carboxylic acids is 1. The molecule has 136 valence electrons. The van der Waals surface area contributed by atoms with Gasteiger partial charge in [0.25, 0.3) is 5.91 Å². The molecule has 7 nitrogen and oxygen atoms in total. The molecule has 0 N–H and O–H groups in total. The third-order valence-corrected chi connectivity index (χ3v) is 3.98. The molecule has 2 aromatic carbocycles. The Hall–Kier alpha value is -3.74. The number of benzene rings is 2. The summed E-state index contributed by atoms with van der Waals surface area (Å²) in [4.78, 5) is 29.6. The van der Waals surface area contributed by atoms with E-state index in [0.29, 0.717) is 5.82 Å². The first-order valence-electron chi connectivity index (χ1n) is 8.19. The Morgan fingerprint density at radius 1 is 1.11 bits per heavy atom. The molecule has 3 rings (SSSR count). The molecule has 0 fully saturated rings. The van der Waals surface area contributed by atoms with Crippen LogP contribution in [-0.4, -0.2) is 22.9 Å². The van der Waals surface area contributed by atoms with E-state index in [-0.39, 0.29) is 29.5 Å². The second-order valence-corrected chi connectivity index (χ2v) is 5.71. The van der Waals surface area contributed by atoms with Crippen molar-refractivity contribution in [1.29, 1.82) is 0 Å². The van der Waals surface area contributed by atoms with Crippen LogP contribution in [0.3, 0.4) is 0 Å². The molecule has 27 heavy (non-hydrogen) atoms. The molecule has 1 heterocycles. The number of methoxy groups -OCH3 is 1. The fourth-order valence-corrected chi connectivity index (χ4v) is 2.66. The third-order valence-electron chi connectivity index (χ3n) is 3.98. The van der Waals surface area contributed by atoms with Crippen LogP contribution in [0.2, 0.25) is 0 Å². The van der Waals surface area contributed by atoms with Gasteiger partial charge in [-0.2, -0.15) is 0 Å². The van der Waals surface area contributed by atoms with Crippen LogP contribution in [-0.2, 0) is 6.54 Å². The Bertz CT molecular complexity index is 946. The Morgan fingerprint density at radius 2 is 1.85 bits per heavy atom. The first-order valence-corrected chi connectivity index (χ1v) is 8.19. The van der Waals surface area contributed by atoms with E-state index in [0.717, 1.165) is 5.56 Å². The van der Waals surface area contributed by atoms with Gasteiger partial charge >= 0.3 is 5.69 Å². The summed E-state index contributed by atoms with van der Waals surface area (Å²) >= 11 is 0. The highest BCUT2D eigenvalue weighted by Gasteiger charge is 2.23. The van der Waals surface area contributed by atoms with Crippen LogP contribution in [0.1, 0.15) is 15.9 Å². The highest BCUT2D eigenvalue weighted by atomic mass is 16.6. The zero-order valence-corrected chi connectivity index (χ0v) is 14.6. The van der Waals surface area contributed by atoms with E-state index >= 15 is 0 Å². The van der Waals surface area contributed by atoms with Crippen molar-refractivity contribution in [1.82, 2.24) is 4.98 Å². The topological polar surface area (TPSA) is 85.6 Å². The predicted molar refractivity (Wildman–Crippen MR) is 101 cm³/mol. The van der Waals surface area contributed by atoms with E-state index in [1.807, 2.05) is 30.3 Å². The highest BCUT2D eigenvalue weighted by Crippen LogP contribution is 2.29. The summed E-state index contributed by atoms with van der Waals surface area (Å²) in [6, 6.07) is 18.9. The van der Waals surface area contributed by atoms with Gasteiger partial charge in [-0.3, -0.25) is 19.8 Å². The molecule has 0 aliphatic carbocycles. The van der Waals surface area contributed by atoms with Crippen molar-refractivity contribution >= 4 is 17.4 Å². The summed E-state index contributed by atoms with van der Waals surface area (Å²) in [6.45, 7) is 0.288. The van der Waals surface area contributed by atoms with Gasteiger partial charge < -0.3 is 4.74 Å². The maximum absolute atomic E-state index is 13.1. The molecule has 0 unspecified atom stereocenters.